The summed E-state index contributed by atoms with van der Waals surface area (Å²) in [5.74, 6) is 0.615. The van der Waals surface area contributed by atoms with Gasteiger partial charge in [-0.05, 0) is 12.0 Å². The number of anilines is 1. The van der Waals surface area contributed by atoms with Gasteiger partial charge in [-0.25, -0.2) is 4.79 Å². The Morgan fingerprint density at radius 1 is 1.60 bits per heavy atom. The second kappa shape index (κ2) is 5.67. The normalized spacial score (nSPS) is 10.3. The molecule has 1 aromatic rings. The van der Waals surface area contributed by atoms with E-state index in [9.17, 15) is 4.79 Å². The van der Waals surface area contributed by atoms with Gasteiger partial charge in [0.2, 0.25) is 0 Å². The number of esters is 1. The number of hydrogen-bond acceptors (Lipinski definition) is 6. The van der Waals surface area contributed by atoms with Crippen molar-refractivity contribution < 1.29 is 9.53 Å². The molecule has 0 amide bonds. The Labute approximate surface area is 102 Å². The van der Waals surface area contributed by atoms with Crippen LogP contribution in [0.15, 0.2) is 9.10 Å². The fourth-order valence-corrected chi connectivity index (χ4v) is 4.54. The smallest absolute Gasteiger partial charge is 0.350 e. The molecule has 0 aliphatic rings. The molecule has 0 aliphatic carbocycles. The number of ether oxygens (including phenoxy) is 1. The van der Waals surface area contributed by atoms with Crippen molar-refractivity contribution in [3.8, 4) is 0 Å². The molecule has 0 bridgehead atoms. The summed E-state index contributed by atoms with van der Waals surface area (Å²) in [4.78, 5) is 12.9. The summed E-state index contributed by atoms with van der Waals surface area (Å²) in [7, 11) is 1.37. The molecule has 6 heteroatoms. The molecule has 2 N–H and O–H groups in total. The zero-order valence-corrected chi connectivity index (χ0v) is 11.3. The van der Waals surface area contributed by atoms with E-state index < -0.39 is 0 Å². The molecule has 0 atom stereocenters. The summed E-state index contributed by atoms with van der Waals surface area (Å²) in [6.45, 7) is 2.07. The molecule has 84 valence electrons. The summed E-state index contributed by atoms with van der Waals surface area (Å²) < 4.78 is 5.78. The predicted molar refractivity (Wildman–Crippen MR) is 68.2 cm³/mol. The molecule has 0 saturated carbocycles. The lowest BCUT2D eigenvalue weighted by Gasteiger charge is -1.99. The second-order valence-electron chi connectivity index (χ2n) is 2.59. The molecular formula is C9H13NO2S3. The summed E-state index contributed by atoms with van der Waals surface area (Å²) in [5.41, 5.74) is 6.45. The number of nitrogen functional groups attached to an aromatic ring is 1. The van der Waals surface area contributed by atoms with Crippen LogP contribution in [0.2, 0.25) is 0 Å². The van der Waals surface area contributed by atoms with E-state index in [0.29, 0.717) is 10.6 Å². The van der Waals surface area contributed by atoms with Crippen LogP contribution >= 0.6 is 34.9 Å². The lowest BCUT2D eigenvalue weighted by molar-refractivity contribution is 0.0607. The van der Waals surface area contributed by atoms with Gasteiger partial charge in [0.05, 0.1) is 21.9 Å². The van der Waals surface area contributed by atoms with Crippen LogP contribution < -0.4 is 5.73 Å². The fraction of sp³-hybridized carbons (Fsp3) is 0.444. The van der Waals surface area contributed by atoms with Crippen LogP contribution in [-0.4, -0.2) is 25.1 Å². The molecule has 0 aromatic carbocycles. The lowest BCUT2D eigenvalue weighted by atomic mass is 10.4. The number of thiophene rings is 1. The van der Waals surface area contributed by atoms with Gasteiger partial charge in [0.1, 0.15) is 4.88 Å². The Kier molecular flexibility index (Phi) is 4.82. The number of carbonyl (C=O) groups is 1. The topological polar surface area (TPSA) is 52.3 Å². The van der Waals surface area contributed by atoms with Crippen LogP contribution in [0.5, 0.6) is 0 Å². The molecular weight excluding hydrogens is 250 g/mol. The molecule has 15 heavy (non-hydrogen) atoms. The third kappa shape index (κ3) is 2.62. The SMILES string of the molecule is CCSc1sc(C(=O)OC)c(N)c1SC. The monoisotopic (exact) mass is 263 g/mol. The Morgan fingerprint density at radius 2 is 2.27 bits per heavy atom. The molecule has 0 spiro atoms. The van der Waals surface area contributed by atoms with Crippen LogP contribution in [0.1, 0.15) is 16.6 Å². The van der Waals surface area contributed by atoms with E-state index in [1.807, 2.05) is 6.26 Å². The van der Waals surface area contributed by atoms with Crippen LogP contribution in [0.25, 0.3) is 0 Å². The molecule has 0 unspecified atom stereocenters. The minimum atomic E-state index is -0.351. The lowest BCUT2D eigenvalue weighted by Crippen LogP contribution is -2.01. The van der Waals surface area contributed by atoms with E-state index >= 15 is 0 Å². The minimum absolute atomic E-state index is 0.351. The number of carbonyl (C=O) groups excluding carboxylic acids is 1. The van der Waals surface area contributed by atoms with Crippen molar-refractivity contribution in [3.63, 3.8) is 0 Å². The van der Waals surface area contributed by atoms with Crippen molar-refractivity contribution in [2.45, 2.75) is 16.0 Å². The number of rotatable bonds is 4. The molecule has 1 rings (SSSR count). The van der Waals surface area contributed by atoms with E-state index in [1.54, 1.807) is 23.5 Å². The zero-order valence-electron chi connectivity index (χ0n) is 8.83. The molecule has 0 saturated heterocycles. The number of nitrogens with two attached hydrogens (primary N) is 1. The van der Waals surface area contributed by atoms with E-state index in [-0.39, 0.29) is 5.97 Å². The summed E-state index contributed by atoms with van der Waals surface area (Å²) in [6.07, 6.45) is 1.96. The Balaban J connectivity index is 3.14. The Bertz CT molecular complexity index is 362. The first-order valence-electron chi connectivity index (χ1n) is 4.33. The van der Waals surface area contributed by atoms with Crippen LogP contribution in [-0.2, 0) is 4.74 Å². The largest absolute Gasteiger partial charge is 0.465 e. The van der Waals surface area contributed by atoms with Crippen LogP contribution in [0, 0.1) is 0 Å². The minimum Gasteiger partial charge on any atom is -0.465 e. The van der Waals surface area contributed by atoms with Crippen LogP contribution in [0.3, 0.4) is 0 Å². The van der Waals surface area contributed by atoms with Crippen molar-refractivity contribution in [1.29, 1.82) is 0 Å². The zero-order chi connectivity index (χ0) is 11.4. The number of thioether (sulfide) groups is 2. The third-order valence-corrected chi connectivity index (χ3v) is 5.15. The first-order chi connectivity index (χ1) is 7.15. The summed E-state index contributed by atoms with van der Waals surface area (Å²) in [6, 6.07) is 0. The first-order valence-corrected chi connectivity index (χ1v) is 7.35. The van der Waals surface area contributed by atoms with Gasteiger partial charge in [0.15, 0.2) is 0 Å². The van der Waals surface area contributed by atoms with Crippen molar-refractivity contribution in [1.82, 2.24) is 0 Å². The van der Waals surface area contributed by atoms with Crippen molar-refractivity contribution in [3.05, 3.63) is 4.88 Å². The first kappa shape index (κ1) is 12.7. The average Bonchev–Trinajstić information content (AvgIpc) is 2.55. The van der Waals surface area contributed by atoms with E-state index in [2.05, 4.69) is 11.7 Å². The van der Waals surface area contributed by atoms with Gasteiger partial charge < -0.3 is 10.5 Å². The van der Waals surface area contributed by atoms with Crippen molar-refractivity contribution in [2.75, 3.05) is 24.9 Å². The summed E-state index contributed by atoms with van der Waals surface area (Å²) in [5, 5.41) is 0. The van der Waals surface area contributed by atoms with Gasteiger partial charge in [-0.3, -0.25) is 0 Å². The highest BCUT2D eigenvalue weighted by molar-refractivity contribution is 8.03. The van der Waals surface area contributed by atoms with Crippen molar-refractivity contribution >= 4 is 46.5 Å². The molecule has 3 nitrogen and oxygen atoms in total. The van der Waals surface area contributed by atoms with Crippen LogP contribution in [0.4, 0.5) is 5.69 Å². The summed E-state index contributed by atoms with van der Waals surface area (Å²) >= 11 is 4.68. The maximum Gasteiger partial charge on any atom is 0.350 e. The highest BCUT2D eigenvalue weighted by Gasteiger charge is 2.20. The predicted octanol–water partition coefficient (Wildman–Crippen LogP) is 2.95. The Morgan fingerprint density at radius 3 is 2.73 bits per heavy atom. The maximum absolute atomic E-state index is 11.4. The van der Waals surface area contributed by atoms with Gasteiger partial charge >= 0.3 is 5.97 Å². The highest BCUT2D eigenvalue weighted by Crippen LogP contribution is 2.43. The Hall–Kier alpha value is -0.330. The van der Waals surface area contributed by atoms with Gasteiger partial charge in [-0.1, -0.05) is 6.92 Å². The molecule has 0 aliphatic heterocycles. The standard InChI is InChI=1S/C9H13NO2S3/c1-4-14-9-7(13-3)5(10)6(15-9)8(11)12-2/h4,10H2,1-3H3. The molecule has 1 heterocycles. The van der Waals surface area contributed by atoms with E-state index in [1.165, 1.54) is 18.4 Å². The van der Waals surface area contributed by atoms with Gasteiger partial charge in [0.25, 0.3) is 0 Å². The third-order valence-electron chi connectivity index (χ3n) is 1.72. The molecule has 1 aromatic heterocycles. The molecule has 0 fully saturated rings. The quantitative estimate of drug-likeness (QED) is 0.668. The number of hydrogen-bond donors (Lipinski definition) is 1. The number of methoxy groups -OCH3 is 1. The fourth-order valence-electron chi connectivity index (χ4n) is 1.07. The second-order valence-corrected chi connectivity index (χ2v) is 5.96. The maximum atomic E-state index is 11.4. The average molecular weight is 263 g/mol. The van der Waals surface area contributed by atoms with E-state index in [0.717, 1.165) is 14.9 Å². The van der Waals surface area contributed by atoms with E-state index in [4.69, 9.17) is 5.73 Å². The molecule has 0 radical (unpaired) electrons. The van der Waals surface area contributed by atoms with Gasteiger partial charge in [0, 0.05) is 0 Å². The highest BCUT2D eigenvalue weighted by atomic mass is 32.2. The van der Waals surface area contributed by atoms with Crippen molar-refractivity contribution in [2.24, 2.45) is 0 Å². The van der Waals surface area contributed by atoms with Gasteiger partial charge in [-0.2, -0.15) is 0 Å². The van der Waals surface area contributed by atoms with Gasteiger partial charge in [-0.15, -0.1) is 34.9 Å².